The Hall–Kier alpha value is -2.40. The van der Waals surface area contributed by atoms with Crippen LogP contribution in [-0.4, -0.2) is 27.9 Å². The number of ketones is 1. The van der Waals surface area contributed by atoms with Gasteiger partial charge in [-0.3, -0.25) is 9.59 Å². The monoisotopic (exact) mass is 327 g/mol. The lowest BCUT2D eigenvalue weighted by atomic mass is 9.76. The molecule has 0 saturated heterocycles. The molecule has 5 nitrogen and oxygen atoms in total. The first-order valence-corrected chi connectivity index (χ1v) is 7.96. The van der Waals surface area contributed by atoms with Crippen LogP contribution in [0.3, 0.4) is 0 Å². The zero-order valence-electron chi connectivity index (χ0n) is 14.0. The second-order valence-corrected chi connectivity index (χ2v) is 6.81. The van der Waals surface area contributed by atoms with Gasteiger partial charge in [-0.05, 0) is 38.3 Å². The summed E-state index contributed by atoms with van der Waals surface area (Å²) in [5.41, 5.74) is 1.14. The summed E-state index contributed by atoms with van der Waals surface area (Å²) < 4.78 is 0. The van der Waals surface area contributed by atoms with E-state index in [0.29, 0.717) is 17.6 Å². The number of allylic oxidation sites excluding steroid dienone is 2. The molecule has 2 aliphatic rings. The van der Waals surface area contributed by atoms with Gasteiger partial charge in [-0.15, -0.1) is 0 Å². The summed E-state index contributed by atoms with van der Waals surface area (Å²) in [6.07, 6.45) is -0.679. The molecule has 0 fully saturated rings. The van der Waals surface area contributed by atoms with E-state index in [9.17, 15) is 19.8 Å². The Bertz CT molecular complexity index is 778. The van der Waals surface area contributed by atoms with Crippen LogP contribution in [0, 0.1) is 5.41 Å². The molecule has 0 aromatic heterocycles. The van der Waals surface area contributed by atoms with E-state index in [4.69, 9.17) is 0 Å². The van der Waals surface area contributed by atoms with Crippen LogP contribution in [0.1, 0.15) is 38.9 Å². The van der Waals surface area contributed by atoms with Crippen LogP contribution in [0.2, 0.25) is 0 Å². The molecule has 0 saturated carbocycles. The van der Waals surface area contributed by atoms with E-state index < -0.39 is 23.5 Å². The third-order valence-electron chi connectivity index (χ3n) is 5.17. The first-order valence-electron chi connectivity index (χ1n) is 7.96. The van der Waals surface area contributed by atoms with Gasteiger partial charge >= 0.3 is 0 Å². The molecule has 1 aliphatic heterocycles. The molecule has 0 radical (unpaired) electrons. The Morgan fingerprint density at radius 1 is 1.21 bits per heavy atom. The molecule has 1 amide bonds. The van der Waals surface area contributed by atoms with Crippen LogP contribution in [0.15, 0.2) is 52.8 Å². The van der Waals surface area contributed by atoms with Crippen LogP contribution < -0.4 is 5.32 Å². The van der Waals surface area contributed by atoms with Gasteiger partial charge in [-0.2, -0.15) is 0 Å². The standard InChI is InChI=1S/C19H21NO4/c1-10-9-19(3,17(23)11(10)2)13-16(22)14(20-18(13)24)15(21)12-7-5-4-6-8-12/h4-8,14-15,21-22H,9H2,1-3H3,(H,20,24)/t14-,15-,19?/m1/s1. The van der Waals surface area contributed by atoms with E-state index >= 15 is 0 Å². The number of hydrogen-bond donors (Lipinski definition) is 3. The first kappa shape index (κ1) is 16.5. The highest BCUT2D eigenvalue weighted by molar-refractivity contribution is 6.12. The number of carbonyl (C=O) groups excluding carboxylic acids is 2. The average molecular weight is 327 g/mol. The Morgan fingerprint density at radius 3 is 2.38 bits per heavy atom. The lowest BCUT2D eigenvalue weighted by Crippen LogP contribution is -2.36. The van der Waals surface area contributed by atoms with Gasteiger partial charge in [0.2, 0.25) is 0 Å². The van der Waals surface area contributed by atoms with E-state index in [1.807, 2.05) is 13.0 Å². The van der Waals surface area contributed by atoms with Gasteiger partial charge in [0.25, 0.3) is 5.91 Å². The van der Waals surface area contributed by atoms with Gasteiger partial charge in [0.1, 0.15) is 17.9 Å². The molecule has 1 aliphatic carbocycles. The number of carbonyl (C=O) groups is 2. The molecule has 1 aromatic rings. The zero-order valence-corrected chi connectivity index (χ0v) is 14.0. The van der Waals surface area contributed by atoms with Crippen molar-refractivity contribution in [2.24, 2.45) is 5.41 Å². The van der Waals surface area contributed by atoms with Crippen LogP contribution in [0.4, 0.5) is 0 Å². The summed E-state index contributed by atoms with van der Waals surface area (Å²) in [4.78, 5) is 25.1. The van der Waals surface area contributed by atoms with Crippen molar-refractivity contribution in [1.82, 2.24) is 5.32 Å². The maximum atomic E-state index is 12.6. The van der Waals surface area contributed by atoms with Crippen molar-refractivity contribution in [1.29, 1.82) is 0 Å². The molecular weight excluding hydrogens is 306 g/mol. The molecule has 0 spiro atoms. The van der Waals surface area contributed by atoms with Crippen molar-refractivity contribution in [3.8, 4) is 0 Å². The molecule has 1 heterocycles. The van der Waals surface area contributed by atoms with Crippen molar-refractivity contribution in [3.05, 3.63) is 58.4 Å². The van der Waals surface area contributed by atoms with E-state index in [1.54, 1.807) is 38.1 Å². The highest BCUT2D eigenvalue weighted by Crippen LogP contribution is 2.47. The van der Waals surface area contributed by atoms with Crippen molar-refractivity contribution in [2.45, 2.75) is 39.3 Å². The maximum absolute atomic E-state index is 12.6. The Morgan fingerprint density at radius 2 is 1.83 bits per heavy atom. The van der Waals surface area contributed by atoms with Gasteiger partial charge in [-0.1, -0.05) is 35.9 Å². The lowest BCUT2D eigenvalue weighted by molar-refractivity contribution is -0.125. The molecule has 0 bridgehead atoms. The van der Waals surface area contributed by atoms with E-state index in [1.165, 1.54) is 0 Å². The third-order valence-corrected chi connectivity index (χ3v) is 5.17. The summed E-state index contributed by atoms with van der Waals surface area (Å²) in [6.45, 7) is 5.28. The molecular formula is C19H21NO4. The lowest BCUT2D eigenvalue weighted by Gasteiger charge is -2.23. The topological polar surface area (TPSA) is 86.6 Å². The average Bonchev–Trinajstić information content (AvgIpc) is 2.97. The summed E-state index contributed by atoms with van der Waals surface area (Å²) >= 11 is 0. The van der Waals surface area contributed by atoms with Crippen LogP contribution in [-0.2, 0) is 9.59 Å². The Kier molecular flexibility index (Phi) is 3.84. The second-order valence-electron chi connectivity index (χ2n) is 6.81. The minimum atomic E-state index is -1.08. The highest BCUT2D eigenvalue weighted by atomic mass is 16.3. The van der Waals surface area contributed by atoms with Crippen molar-refractivity contribution in [2.75, 3.05) is 0 Å². The minimum absolute atomic E-state index is 0.0729. The number of hydrogen-bond acceptors (Lipinski definition) is 4. The molecule has 1 unspecified atom stereocenters. The number of aliphatic hydroxyl groups is 2. The summed E-state index contributed by atoms with van der Waals surface area (Å²) in [5, 5.41) is 23.8. The summed E-state index contributed by atoms with van der Waals surface area (Å²) in [5.74, 6) is -0.882. The number of rotatable bonds is 3. The van der Waals surface area contributed by atoms with E-state index in [0.717, 1.165) is 5.57 Å². The zero-order chi connectivity index (χ0) is 17.6. The number of Topliss-reactive ketones (excluding diaryl/α,β-unsaturated/α-hetero) is 1. The van der Waals surface area contributed by atoms with Gasteiger partial charge in [0, 0.05) is 0 Å². The van der Waals surface area contributed by atoms with E-state index in [-0.39, 0.29) is 17.1 Å². The molecule has 5 heteroatoms. The number of benzene rings is 1. The predicted octanol–water partition coefficient (Wildman–Crippen LogP) is 2.35. The van der Waals surface area contributed by atoms with Gasteiger partial charge in [-0.25, -0.2) is 0 Å². The fraction of sp³-hybridized carbons (Fsp3) is 0.368. The molecule has 126 valence electrons. The predicted molar refractivity (Wildman–Crippen MR) is 89.1 cm³/mol. The number of nitrogens with one attached hydrogen (secondary N) is 1. The van der Waals surface area contributed by atoms with Crippen molar-refractivity contribution in [3.63, 3.8) is 0 Å². The van der Waals surface area contributed by atoms with Gasteiger partial charge in [0.15, 0.2) is 5.78 Å². The van der Waals surface area contributed by atoms with Crippen molar-refractivity contribution < 1.29 is 19.8 Å². The molecule has 3 rings (SSSR count). The second kappa shape index (κ2) is 5.60. The normalized spacial score (nSPS) is 28.6. The SMILES string of the molecule is CC1=C(C)C(=O)C(C)(C2=C(O)[C@@H]([C@H](O)c3ccccc3)NC2=O)C1. The van der Waals surface area contributed by atoms with Gasteiger partial charge < -0.3 is 15.5 Å². The van der Waals surface area contributed by atoms with E-state index in [2.05, 4.69) is 5.32 Å². The Balaban J connectivity index is 1.99. The highest BCUT2D eigenvalue weighted by Gasteiger charge is 2.51. The summed E-state index contributed by atoms with van der Waals surface area (Å²) in [6, 6.07) is 7.87. The van der Waals surface area contributed by atoms with Crippen LogP contribution >= 0.6 is 0 Å². The van der Waals surface area contributed by atoms with Crippen LogP contribution in [0.5, 0.6) is 0 Å². The fourth-order valence-electron chi connectivity index (χ4n) is 3.71. The largest absolute Gasteiger partial charge is 0.509 e. The third kappa shape index (κ3) is 2.27. The molecule has 3 atom stereocenters. The first-order chi connectivity index (χ1) is 11.3. The molecule has 3 N–H and O–H groups in total. The fourth-order valence-corrected chi connectivity index (χ4v) is 3.71. The van der Waals surface area contributed by atoms with Gasteiger partial charge in [0.05, 0.1) is 11.0 Å². The number of aliphatic hydroxyl groups excluding tert-OH is 2. The molecule has 1 aromatic carbocycles. The summed E-state index contributed by atoms with van der Waals surface area (Å²) in [7, 11) is 0. The number of amides is 1. The van der Waals surface area contributed by atoms with Crippen LogP contribution in [0.25, 0.3) is 0 Å². The Labute approximate surface area is 140 Å². The smallest absolute Gasteiger partial charge is 0.252 e. The van der Waals surface area contributed by atoms with Crippen molar-refractivity contribution >= 4 is 11.7 Å². The molecule has 24 heavy (non-hydrogen) atoms. The quantitative estimate of drug-likeness (QED) is 0.795. The maximum Gasteiger partial charge on any atom is 0.252 e. The minimum Gasteiger partial charge on any atom is -0.509 e.